The molecule has 2 rings (SSSR count). The first-order valence-electron chi connectivity index (χ1n) is 5.15. The van der Waals surface area contributed by atoms with E-state index in [1.807, 2.05) is 24.3 Å². The van der Waals surface area contributed by atoms with Gasteiger partial charge in [-0.2, -0.15) is 0 Å². The van der Waals surface area contributed by atoms with E-state index in [2.05, 4.69) is 39.5 Å². The number of hydrogen-bond donors (Lipinski definition) is 0. The number of rotatable bonds is 2. The summed E-state index contributed by atoms with van der Waals surface area (Å²) in [5.41, 5.74) is 2.84. The molecule has 86 valence electrons. The molecule has 3 heteroatoms. The van der Waals surface area contributed by atoms with E-state index >= 15 is 0 Å². The summed E-state index contributed by atoms with van der Waals surface area (Å²) in [5.74, 6) is -0.306. The third-order valence-corrected chi connectivity index (χ3v) is 3.43. The molecule has 0 radical (unpaired) electrons. The summed E-state index contributed by atoms with van der Waals surface area (Å²) >= 11 is 2.30. The van der Waals surface area contributed by atoms with Gasteiger partial charge in [0.25, 0.3) is 0 Å². The third-order valence-electron chi connectivity index (χ3n) is 2.49. The molecular formula is C14H11IO2. The maximum Gasteiger partial charge on any atom is 0.337 e. The van der Waals surface area contributed by atoms with Crippen molar-refractivity contribution in [2.24, 2.45) is 0 Å². The second-order valence-corrected chi connectivity index (χ2v) is 4.71. The van der Waals surface area contributed by atoms with Crippen LogP contribution in [0.5, 0.6) is 0 Å². The molecule has 2 aromatic rings. The Labute approximate surface area is 114 Å². The number of carbonyl (C=O) groups is 1. The maximum absolute atomic E-state index is 11.3. The van der Waals surface area contributed by atoms with Crippen LogP contribution in [0.2, 0.25) is 0 Å². The van der Waals surface area contributed by atoms with Crippen molar-refractivity contribution in [2.75, 3.05) is 7.11 Å². The van der Waals surface area contributed by atoms with Gasteiger partial charge in [-0.15, -0.1) is 0 Å². The van der Waals surface area contributed by atoms with E-state index < -0.39 is 0 Å². The Morgan fingerprint density at radius 2 is 1.71 bits per heavy atom. The Morgan fingerprint density at radius 1 is 1.06 bits per heavy atom. The Balaban J connectivity index is 2.36. The molecule has 0 aliphatic rings. The molecule has 2 nitrogen and oxygen atoms in total. The average Bonchev–Trinajstić information content (AvgIpc) is 2.39. The third kappa shape index (κ3) is 2.66. The first-order valence-corrected chi connectivity index (χ1v) is 6.23. The molecule has 17 heavy (non-hydrogen) atoms. The van der Waals surface area contributed by atoms with Crippen LogP contribution in [0.25, 0.3) is 11.1 Å². The second kappa shape index (κ2) is 5.31. The van der Waals surface area contributed by atoms with Gasteiger partial charge < -0.3 is 4.74 Å². The molecule has 0 aliphatic heterocycles. The van der Waals surface area contributed by atoms with Crippen LogP contribution in [0.15, 0.2) is 48.5 Å². The minimum absolute atomic E-state index is 0.306. The van der Waals surface area contributed by atoms with Gasteiger partial charge in [-0.1, -0.05) is 30.3 Å². The highest BCUT2D eigenvalue weighted by Crippen LogP contribution is 2.25. The molecule has 0 amide bonds. The first kappa shape index (κ1) is 12.1. The highest BCUT2D eigenvalue weighted by molar-refractivity contribution is 14.1. The van der Waals surface area contributed by atoms with Gasteiger partial charge in [-0.25, -0.2) is 4.79 Å². The maximum atomic E-state index is 11.3. The molecule has 0 spiro atoms. The number of halogens is 1. The monoisotopic (exact) mass is 338 g/mol. The number of benzene rings is 2. The summed E-state index contributed by atoms with van der Waals surface area (Å²) in [6, 6.07) is 15.6. The molecule has 0 aromatic heterocycles. The fraction of sp³-hybridized carbons (Fsp3) is 0.0714. The molecule has 0 saturated heterocycles. The molecule has 0 fully saturated rings. The normalized spacial score (nSPS) is 10.0. The Morgan fingerprint density at radius 3 is 2.29 bits per heavy atom. The van der Waals surface area contributed by atoms with Gasteiger partial charge in [0, 0.05) is 3.57 Å². The molecule has 2 aromatic carbocycles. The quantitative estimate of drug-likeness (QED) is 0.616. The van der Waals surface area contributed by atoms with Crippen LogP contribution in [-0.4, -0.2) is 13.1 Å². The smallest absolute Gasteiger partial charge is 0.337 e. The molecule has 0 bridgehead atoms. The van der Waals surface area contributed by atoms with Gasteiger partial charge in [0.15, 0.2) is 0 Å². The molecule has 0 saturated carbocycles. The van der Waals surface area contributed by atoms with Crippen molar-refractivity contribution in [3.8, 4) is 11.1 Å². The SMILES string of the molecule is COC(=O)c1ccc(-c2ccccc2I)cc1. The standard InChI is InChI=1S/C14H11IO2/c1-17-14(16)11-8-6-10(7-9-11)12-4-2-3-5-13(12)15/h2-9H,1H3. The lowest BCUT2D eigenvalue weighted by Crippen LogP contribution is -2.00. The molecule has 0 aliphatic carbocycles. The predicted octanol–water partition coefficient (Wildman–Crippen LogP) is 3.74. The lowest BCUT2D eigenvalue weighted by atomic mass is 10.0. The van der Waals surface area contributed by atoms with Crippen LogP contribution in [0.1, 0.15) is 10.4 Å². The van der Waals surface area contributed by atoms with E-state index in [4.69, 9.17) is 0 Å². The molecular weight excluding hydrogens is 327 g/mol. The van der Waals surface area contributed by atoms with Crippen molar-refractivity contribution >= 4 is 28.6 Å². The Hall–Kier alpha value is -1.36. The number of hydrogen-bond acceptors (Lipinski definition) is 2. The minimum Gasteiger partial charge on any atom is -0.465 e. The van der Waals surface area contributed by atoms with E-state index in [1.165, 1.54) is 16.2 Å². The Kier molecular flexibility index (Phi) is 3.78. The predicted molar refractivity (Wildman–Crippen MR) is 75.9 cm³/mol. The van der Waals surface area contributed by atoms with E-state index in [1.54, 1.807) is 12.1 Å². The van der Waals surface area contributed by atoms with Crippen LogP contribution >= 0.6 is 22.6 Å². The van der Waals surface area contributed by atoms with Crippen LogP contribution in [-0.2, 0) is 4.74 Å². The van der Waals surface area contributed by atoms with E-state index in [-0.39, 0.29) is 5.97 Å². The van der Waals surface area contributed by atoms with E-state index in [0.717, 1.165) is 5.56 Å². The zero-order valence-electron chi connectivity index (χ0n) is 9.31. The van der Waals surface area contributed by atoms with Crippen molar-refractivity contribution in [1.29, 1.82) is 0 Å². The van der Waals surface area contributed by atoms with Gasteiger partial charge >= 0.3 is 5.97 Å². The van der Waals surface area contributed by atoms with Crippen molar-refractivity contribution in [3.05, 3.63) is 57.7 Å². The summed E-state index contributed by atoms with van der Waals surface area (Å²) in [4.78, 5) is 11.3. The summed E-state index contributed by atoms with van der Waals surface area (Å²) in [7, 11) is 1.39. The number of carbonyl (C=O) groups excluding carboxylic acids is 1. The number of methoxy groups -OCH3 is 1. The van der Waals surface area contributed by atoms with Gasteiger partial charge in [0.2, 0.25) is 0 Å². The van der Waals surface area contributed by atoms with Crippen LogP contribution in [0, 0.1) is 3.57 Å². The summed E-state index contributed by atoms with van der Waals surface area (Å²) in [5, 5.41) is 0. The number of ether oxygens (including phenoxy) is 1. The second-order valence-electron chi connectivity index (χ2n) is 3.55. The summed E-state index contributed by atoms with van der Waals surface area (Å²) in [6.07, 6.45) is 0. The lowest BCUT2D eigenvalue weighted by molar-refractivity contribution is 0.0601. The van der Waals surface area contributed by atoms with E-state index in [9.17, 15) is 4.79 Å². The highest BCUT2D eigenvalue weighted by Gasteiger charge is 2.06. The minimum atomic E-state index is -0.306. The van der Waals surface area contributed by atoms with Crippen LogP contribution < -0.4 is 0 Å². The van der Waals surface area contributed by atoms with E-state index in [0.29, 0.717) is 5.56 Å². The molecule has 0 heterocycles. The van der Waals surface area contributed by atoms with Gasteiger partial charge in [-0.05, 0) is 51.9 Å². The largest absolute Gasteiger partial charge is 0.465 e. The van der Waals surface area contributed by atoms with Gasteiger partial charge in [0.1, 0.15) is 0 Å². The topological polar surface area (TPSA) is 26.3 Å². The van der Waals surface area contributed by atoms with Crippen LogP contribution in [0.3, 0.4) is 0 Å². The van der Waals surface area contributed by atoms with Gasteiger partial charge in [-0.3, -0.25) is 0 Å². The molecule has 0 unspecified atom stereocenters. The highest BCUT2D eigenvalue weighted by atomic mass is 127. The summed E-state index contributed by atoms with van der Waals surface area (Å²) < 4.78 is 5.86. The number of esters is 1. The summed E-state index contributed by atoms with van der Waals surface area (Å²) in [6.45, 7) is 0. The average molecular weight is 338 g/mol. The molecule has 0 atom stereocenters. The Bertz CT molecular complexity index is 532. The van der Waals surface area contributed by atoms with Crippen molar-refractivity contribution in [2.45, 2.75) is 0 Å². The van der Waals surface area contributed by atoms with Crippen molar-refractivity contribution in [3.63, 3.8) is 0 Å². The zero-order chi connectivity index (χ0) is 12.3. The van der Waals surface area contributed by atoms with Crippen LogP contribution in [0.4, 0.5) is 0 Å². The first-order chi connectivity index (χ1) is 8.22. The fourth-order valence-corrected chi connectivity index (χ4v) is 2.30. The van der Waals surface area contributed by atoms with Crippen molar-refractivity contribution in [1.82, 2.24) is 0 Å². The molecule has 0 N–H and O–H groups in total. The fourth-order valence-electron chi connectivity index (χ4n) is 1.60. The zero-order valence-corrected chi connectivity index (χ0v) is 11.5. The van der Waals surface area contributed by atoms with Crippen molar-refractivity contribution < 1.29 is 9.53 Å². The lowest BCUT2D eigenvalue weighted by Gasteiger charge is -2.05. The van der Waals surface area contributed by atoms with Gasteiger partial charge in [0.05, 0.1) is 12.7 Å².